The van der Waals surface area contributed by atoms with Gasteiger partial charge in [0.25, 0.3) is 0 Å². The number of Topliss-reactive ketones (excluding diaryl/α,β-unsaturated/α-hetero) is 1. The fraction of sp³-hybridized carbons (Fsp3) is 0.562. The highest BCUT2D eigenvalue weighted by Crippen LogP contribution is 2.21. The van der Waals surface area contributed by atoms with Crippen molar-refractivity contribution in [2.75, 3.05) is 6.61 Å². The van der Waals surface area contributed by atoms with E-state index in [4.69, 9.17) is 4.74 Å². The quantitative estimate of drug-likeness (QED) is 0.692. The molecular weight excluding hydrogens is 240 g/mol. The summed E-state index contributed by atoms with van der Waals surface area (Å²) in [6.07, 6.45) is 3.18. The number of ketones is 1. The maximum absolute atomic E-state index is 11.7. The molecule has 0 bridgehead atoms. The maximum atomic E-state index is 11.7. The summed E-state index contributed by atoms with van der Waals surface area (Å²) in [6, 6.07) is 7.27. The molecule has 0 radical (unpaired) electrons. The number of aliphatic hydroxyl groups excluding tert-OH is 1. The number of benzene rings is 1. The minimum atomic E-state index is -0.704. The van der Waals surface area contributed by atoms with Gasteiger partial charge in [-0.2, -0.15) is 0 Å². The fourth-order valence-corrected chi connectivity index (χ4v) is 1.96. The Hall–Kier alpha value is -1.35. The molecule has 1 aromatic carbocycles. The van der Waals surface area contributed by atoms with Gasteiger partial charge in [-0.1, -0.05) is 31.9 Å². The Labute approximate surface area is 115 Å². The van der Waals surface area contributed by atoms with Crippen molar-refractivity contribution in [3.63, 3.8) is 0 Å². The zero-order valence-electron chi connectivity index (χ0n) is 11.9. The summed E-state index contributed by atoms with van der Waals surface area (Å²) >= 11 is 0. The van der Waals surface area contributed by atoms with Gasteiger partial charge in [-0.3, -0.25) is 4.79 Å². The predicted molar refractivity (Wildman–Crippen MR) is 76.3 cm³/mol. The molecule has 1 unspecified atom stereocenters. The van der Waals surface area contributed by atoms with Crippen LogP contribution in [0.5, 0.6) is 5.75 Å². The van der Waals surface area contributed by atoms with Gasteiger partial charge in [0.2, 0.25) is 0 Å². The molecule has 0 saturated heterocycles. The number of carbonyl (C=O) groups excluding carboxylic acids is 1. The van der Waals surface area contributed by atoms with Crippen molar-refractivity contribution in [2.24, 2.45) is 0 Å². The van der Waals surface area contributed by atoms with Crippen molar-refractivity contribution in [1.82, 2.24) is 0 Å². The number of aliphatic hydroxyl groups is 1. The summed E-state index contributed by atoms with van der Waals surface area (Å²) in [5.41, 5.74) is 0.771. The second-order valence-corrected chi connectivity index (χ2v) is 4.72. The van der Waals surface area contributed by atoms with Gasteiger partial charge in [-0.05, 0) is 31.0 Å². The van der Waals surface area contributed by atoms with Crippen LogP contribution in [0.25, 0.3) is 0 Å². The van der Waals surface area contributed by atoms with E-state index in [0.717, 1.165) is 30.6 Å². The summed E-state index contributed by atoms with van der Waals surface area (Å²) in [5.74, 6) is 0.919. The SMILES string of the molecule is CCCCCC(=O)CC(O)c1ccc(OCC)cc1. The lowest BCUT2D eigenvalue weighted by Gasteiger charge is -2.11. The van der Waals surface area contributed by atoms with Crippen LogP contribution in [-0.2, 0) is 4.79 Å². The zero-order chi connectivity index (χ0) is 14.1. The minimum Gasteiger partial charge on any atom is -0.494 e. The number of carbonyl (C=O) groups is 1. The molecule has 19 heavy (non-hydrogen) atoms. The van der Waals surface area contributed by atoms with Crippen LogP contribution < -0.4 is 4.74 Å². The summed E-state index contributed by atoms with van der Waals surface area (Å²) < 4.78 is 5.34. The highest BCUT2D eigenvalue weighted by Gasteiger charge is 2.12. The van der Waals surface area contributed by atoms with Crippen molar-refractivity contribution in [2.45, 2.75) is 52.1 Å². The number of hydrogen-bond acceptors (Lipinski definition) is 3. The smallest absolute Gasteiger partial charge is 0.135 e. The van der Waals surface area contributed by atoms with Crippen LogP contribution in [0.4, 0.5) is 0 Å². The first-order valence-corrected chi connectivity index (χ1v) is 7.09. The van der Waals surface area contributed by atoms with Crippen LogP contribution in [0.3, 0.4) is 0 Å². The molecule has 1 atom stereocenters. The Kier molecular flexibility index (Phi) is 7.19. The fourth-order valence-electron chi connectivity index (χ4n) is 1.96. The van der Waals surface area contributed by atoms with Crippen molar-refractivity contribution in [3.05, 3.63) is 29.8 Å². The van der Waals surface area contributed by atoms with Gasteiger partial charge in [0.15, 0.2) is 0 Å². The van der Waals surface area contributed by atoms with Gasteiger partial charge < -0.3 is 9.84 Å². The standard InChI is InChI=1S/C16H24O3/c1-3-5-6-7-14(17)12-16(18)13-8-10-15(11-9-13)19-4-2/h8-11,16,18H,3-7,12H2,1-2H3. The lowest BCUT2D eigenvalue weighted by Crippen LogP contribution is -2.06. The highest BCUT2D eigenvalue weighted by atomic mass is 16.5. The second-order valence-electron chi connectivity index (χ2n) is 4.72. The van der Waals surface area contributed by atoms with E-state index in [1.165, 1.54) is 0 Å². The number of ether oxygens (including phenoxy) is 1. The minimum absolute atomic E-state index is 0.134. The Bertz CT molecular complexity index is 370. The molecule has 0 amide bonds. The molecule has 0 aromatic heterocycles. The van der Waals surface area contributed by atoms with Gasteiger partial charge >= 0.3 is 0 Å². The van der Waals surface area contributed by atoms with E-state index in [2.05, 4.69) is 6.92 Å². The van der Waals surface area contributed by atoms with E-state index in [0.29, 0.717) is 13.0 Å². The van der Waals surface area contributed by atoms with Crippen molar-refractivity contribution in [1.29, 1.82) is 0 Å². The van der Waals surface area contributed by atoms with E-state index in [1.54, 1.807) is 0 Å². The van der Waals surface area contributed by atoms with Crippen molar-refractivity contribution >= 4 is 5.78 Å². The monoisotopic (exact) mass is 264 g/mol. The third-order valence-corrected chi connectivity index (χ3v) is 3.06. The first-order valence-electron chi connectivity index (χ1n) is 7.09. The van der Waals surface area contributed by atoms with Crippen molar-refractivity contribution < 1.29 is 14.6 Å². The Morgan fingerprint density at radius 3 is 2.47 bits per heavy atom. The molecule has 0 aliphatic rings. The molecule has 3 nitrogen and oxygen atoms in total. The average Bonchev–Trinajstić information content (AvgIpc) is 2.40. The summed E-state index contributed by atoms with van der Waals surface area (Å²) in [4.78, 5) is 11.7. The lowest BCUT2D eigenvalue weighted by molar-refractivity contribution is -0.121. The Morgan fingerprint density at radius 1 is 1.21 bits per heavy atom. The van der Waals surface area contributed by atoms with Gasteiger partial charge in [0.1, 0.15) is 11.5 Å². The first kappa shape index (κ1) is 15.7. The lowest BCUT2D eigenvalue weighted by atomic mass is 10.0. The van der Waals surface area contributed by atoms with Crippen LogP contribution >= 0.6 is 0 Å². The van der Waals surface area contributed by atoms with Crippen LogP contribution in [0.15, 0.2) is 24.3 Å². The normalized spacial score (nSPS) is 12.2. The maximum Gasteiger partial charge on any atom is 0.135 e. The van der Waals surface area contributed by atoms with Crippen LogP contribution in [0, 0.1) is 0 Å². The molecule has 1 N–H and O–H groups in total. The van der Waals surface area contributed by atoms with Gasteiger partial charge in [0, 0.05) is 12.8 Å². The number of unbranched alkanes of at least 4 members (excludes halogenated alkanes) is 2. The molecule has 106 valence electrons. The van der Waals surface area contributed by atoms with E-state index in [1.807, 2.05) is 31.2 Å². The van der Waals surface area contributed by atoms with Crippen LogP contribution in [-0.4, -0.2) is 17.5 Å². The van der Waals surface area contributed by atoms with Crippen LogP contribution in [0.1, 0.15) is 57.6 Å². The molecule has 3 heteroatoms. The second kappa shape index (κ2) is 8.70. The highest BCUT2D eigenvalue weighted by molar-refractivity contribution is 5.79. The van der Waals surface area contributed by atoms with Gasteiger partial charge in [0.05, 0.1) is 12.7 Å². The van der Waals surface area contributed by atoms with E-state index in [-0.39, 0.29) is 12.2 Å². The van der Waals surface area contributed by atoms with E-state index in [9.17, 15) is 9.90 Å². The average molecular weight is 264 g/mol. The first-order chi connectivity index (χ1) is 9.17. The molecule has 0 spiro atoms. The zero-order valence-corrected chi connectivity index (χ0v) is 11.9. The summed E-state index contributed by atoms with van der Waals surface area (Å²) in [5, 5.41) is 10.0. The number of hydrogen-bond donors (Lipinski definition) is 1. The third-order valence-electron chi connectivity index (χ3n) is 3.06. The molecule has 1 rings (SSSR count). The molecular formula is C16H24O3. The third kappa shape index (κ3) is 5.88. The molecule has 0 saturated carbocycles. The molecule has 0 fully saturated rings. The van der Waals surface area contributed by atoms with Gasteiger partial charge in [-0.15, -0.1) is 0 Å². The Balaban J connectivity index is 2.43. The molecule has 1 aromatic rings. The predicted octanol–water partition coefficient (Wildman–Crippen LogP) is 3.66. The van der Waals surface area contributed by atoms with E-state index >= 15 is 0 Å². The van der Waals surface area contributed by atoms with Crippen LogP contribution in [0.2, 0.25) is 0 Å². The van der Waals surface area contributed by atoms with E-state index < -0.39 is 6.10 Å². The van der Waals surface area contributed by atoms with Gasteiger partial charge in [-0.25, -0.2) is 0 Å². The summed E-state index contributed by atoms with van der Waals surface area (Å²) in [6.45, 7) is 4.66. The Morgan fingerprint density at radius 2 is 1.89 bits per heavy atom. The number of rotatable bonds is 9. The molecule has 0 aliphatic carbocycles. The van der Waals surface area contributed by atoms with Crippen molar-refractivity contribution in [3.8, 4) is 5.75 Å². The largest absolute Gasteiger partial charge is 0.494 e. The molecule has 0 heterocycles. The topological polar surface area (TPSA) is 46.5 Å². The molecule has 0 aliphatic heterocycles. The summed E-state index contributed by atoms with van der Waals surface area (Å²) in [7, 11) is 0.